The zero-order chi connectivity index (χ0) is 28.9. The fourth-order valence-corrected chi connectivity index (χ4v) is 4.46. The normalized spacial score (nSPS) is 18.5. The third-order valence-corrected chi connectivity index (χ3v) is 6.54. The largest absolute Gasteiger partial charge is 0.457 e. The van der Waals surface area contributed by atoms with Gasteiger partial charge in [-0.15, -0.1) is 0 Å². The number of benzene rings is 2. The number of hydrogen-bond acceptors (Lipinski definition) is 5. The van der Waals surface area contributed by atoms with E-state index in [2.05, 4.69) is 32.1 Å². The number of amides is 2. The van der Waals surface area contributed by atoms with Crippen LogP contribution >= 0.6 is 0 Å². The van der Waals surface area contributed by atoms with Crippen LogP contribution in [0.25, 0.3) is 0 Å². The summed E-state index contributed by atoms with van der Waals surface area (Å²) in [4.78, 5) is 34.4. The van der Waals surface area contributed by atoms with Crippen molar-refractivity contribution in [1.29, 1.82) is 0 Å². The quantitative estimate of drug-likeness (QED) is 0.260. The summed E-state index contributed by atoms with van der Waals surface area (Å²) < 4.78 is 46.2. The molecular formula is C28H31F3N6O3. The average Bonchev–Trinajstić information content (AvgIpc) is 3.56. The number of carbonyl (C=O) groups is 2. The van der Waals surface area contributed by atoms with Crippen LogP contribution in [-0.4, -0.2) is 54.1 Å². The topological polar surface area (TPSA) is 121 Å². The Morgan fingerprint density at radius 3 is 2.50 bits per heavy atom. The van der Waals surface area contributed by atoms with Gasteiger partial charge in [-0.25, -0.2) is 4.99 Å². The number of carbonyl (C=O) groups excluding carboxylic acids is 2. The van der Waals surface area contributed by atoms with Crippen LogP contribution in [0.3, 0.4) is 0 Å². The van der Waals surface area contributed by atoms with E-state index in [1.807, 2.05) is 0 Å². The summed E-state index contributed by atoms with van der Waals surface area (Å²) in [5.41, 5.74) is 5.49. The summed E-state index contributed by atoms with van der Waals surface area (Å²) in [5, 5.41) is 5.50. The number of aliphatic imine (C=N–C) groups is 2. The molecule has 2 aliphatic heterocycles. The monoisotopic (exact) mass is 556 g/mol. The van der Waals surface area contributed by atoms with Gasteiger partial charge in [-0.3, -0.25) is 19.5 Å². The minimum atomic E-state index is -4.46. The number of nitrogens with one attached hydrogen (secondary N) is 2. The highest BCUT2D eigenvalue weighted by atomic mass is 19.4. The molecule has 2 fully saturated rings. The number of alkyl halides is 3. The van der Waals surface area contributed by atoms with Crippen LogP contribution in [0.15, 0.2) is 64.7 Å². The molecule has 12 heteroatoms. The SMILES string of the molecule is C=C(NC(=NC(C)=NC1CCNC1=O)c1ccc(Oc2ccc(C(F)(F)F)cc2CN2CCCC2)cc1)C(N)=O. The van der Waals surface area contributed by atoms with Crippen molar-refractivity contribution in [2.45, 2.75) is 44.9 Å². The minimum absolute atomic E-state index is 0.0956. The summed E-state index contributed by atoms with van der Waals surface area (Å²) >= 11 is 0. The molecule has 0 aliphatic carbocycles. The van der Waals surface area contributed by atoms with Gasteiger partial charge in [0.25, 0.3) is 5.91 Å². The van der Waals surface area contributed by atoms with Crippen molar-refractivity contribution in [2.75, 3.05) is 19.6 Å². The lowest BCUT2D eigenvalue weighted by atomic mass is 10.1. The highest BCUT2D eigenvalue weighted by Crippen LogP contribution is 2.35. The number of likely N-dealkylation sites (tertiary alicyclic amines) is 1. The fraction of sp³-hybridized carbons (Fsp3) is 0.357. The molecule has 2 amide bonds. The summed E-state index contributed by atoms with van der Waals surface area (Å²) in [6.45, 7) is 7.78. The van der Waals surface area contributed by atoms with Gasteiger partial charge in [0.2, 0.25) is 5.91 Å². The van der Waals surface area contributed by atoms with Crippen molar-refractivity contribution in [3.63, 3.8) is 0 Å². The van der Waals surface area contributed by atoms with Crippen LogP contribution in [0, 0.1) is 0 Å². The molecule has 0 radical (unpaired) electrons. The number of nitrogens with zero attached hydrogens (tertiary/aromatic N) is 3. The maximum absolute atomic E-state index is 13.4. The second-order valence-electron chi connectivity index (χ2n) is 9.63. The van der Waals surface area contributed by atoms with E-state index in [-0.39, 0.29) is 17.4 Å². The number of primary amides is 1. The standard InChI is InChI=1S/C28H31F3N6O3/c1-17(25(32)38)34-26(36-18(2)35-23-11-12-33-27(23)39)19-5-8-22(9-6-19)40-24-10-7-21(28(29,30)31)15-20(24)16-37-13-3-4-14-37/h5-10,15,23H,1,3-4,11-14,16H2,2H3,(H2,32,38)(H,33,39)(H,34,35,36). The van der Waals surface area contributed by atoms with Crippen molar-refractivity contribution in [1.82, 2.24) is 15.5 Å². The molecule has 2 aliphatic rings. The summed E-state index contributed by atoms with van der Waals surface area (Å²) in [5.74, 6) is 0.300. The van der Waals surface area contributed by atoms with E-state index in [4.69, 9.17) is 10.5 Å². The lowest BCUT2D eigenvalue weighted by molar-refractivity contribution is -0.137. The van der Waals surface area contributed by atoms with Crippen LogP contribution in [0.5, 0.6) is 11.5 Å². The van der Waals surface area contributed by atoms with Crippen molar-refractivity contribution < 1.29 is 27.5 Å². The molecule has 1 atom stereocenters. The first-order valence-corrected chi connectivity index (χ1v) is 12.9. The van der Waals surface area contributed by atoms with Crippen molar-refractivity contribution in [3.8, 4) is 11.5 Å². The molecular weight excluding hydrogens is 525 g/mol. The lowest BCUT2D eigenvalue weighted by Gasteiger charge is -2.19. The van der Waals surface area contributed by atoms with Crippen LogP contribution in [0.2, 0.25) is 0 Å². The minimum Gasteiger partial charge on any atom is -0.457 e. The molecule has 40 heavy (non-hydrogen) atoms. The van der Waals surface area contributed by atoms with Crippen molar-refractivity contribution in [3.05, 3.63) is 71.4 Å². The van der Waals surface area contributed by atoms with Crippen LogP contribution in [0.4, 0.5) is 13.2 Å². The van der Waals surface area contributed by atoms with Gasteiger partial charge in [0, 0.05) is 24.2 Å². The number of nitrogens with two attached hydrogens (primary N) is 1. The molecule has 2 aromatic rings. The average molecular weight is 557 g/mol. The predicted octanol–water partition coefficient (Wildman–Crippen LogP) is 3.74. The van der Waals surface area contributed by atoms with E-state index in [1.165, 1.54) is 6.07 Å². The number of amidine groups is 2. The molecule has 4 N–H and O–H groups in total. The smallest absolute Gasteiger partial charge is 0.416 e. The summed E-state index contributed by atoms with van der Waals surface area (Å²) in [7, 11) is 0. The van der Waals surface area contributed by atoms with Gasteiger partial charge in [0.1, 0.15) is 29.2 Å². The second-order valence-corrected chi connectivity index (χ2v) is 9.63. The van der Waals surface area contributed by atoms with Crippen molar-refractivity contribution >= 4 is 23.5 Å². The summed E-state index contributed by atoms with van der Waals surface area (Å²) in [6, 6.07) is 9.53. The van der Waals surface area contributed by atoms with Crippen molar-refractivity contribution in [2.24, 2.45) is 15.7 Å². The molecule has 0 spiro atoms. The van der Waals surface area contributed by atoms with E-state index in [0.29, 0.717) is 48.0 Å². The van der Waals surface area contributed by atoms with Gasteiger partial charge in [-0.05, 0) is 81.7 Å². The molecule has 1 unspecified atom stereocenters. The molecule has 2 aromatic carbocycles. The maximum atomic E-state index is 13.4. The highest BCUT2D eigenvalue weighted by Gasteiger charge is 2.31. The Labute approximate surface area is 230 Å². The Bertz CT molecular complexity index is 1330. The third kappa shape index (κ3) is 7.47. The first-order valence-electron chi connectivity index (χ1n) is 12.9. The van der Waals surface area contributed by atoms with E-state index in [1.54, 1.807) is 31.2 Å². The van der Waals surface area contributed by atoms with Gasteiger partial charge in [-0.1, -0.05) is 6.58 Å². The predicted molar refractivity (Wildman–Crippen MR) is 145 cm³/mol. The number of hydrogen-bond donors (Lipinski definition) is 3. The molecule has 2 heterocycles. The van der Waals surface area contributed by atoms with Crippen LogP contribution in [0.1, 0.15) is 42.9 Å². The van der Waals surface area contributed by atoms with Crippen LogP contribution < -0.4 is 21.1 Å². The molecule has 9 nitrogen and oxygen atoms in total. The first kappa shape index (κ1) is 28.8. The Balaban J connectivity index is 1.58. The number of ether oxygens (including phenoxy) is 1. The lowest BCUT2D eigenvalue weighted by Crippen LogP contribution is -2.31. The molecule has 0 bridgehead atoms. The highest BCUT2D eigenvalue weighted by molar-refractivity contribution is 6.09. The van der Waals surface area contributed by atoms with Gasteiger partial charge in [-0.2, -0.15) is 13.2 Å². The molecule has 4 rings (SSSR count). The molecule has 212 valence electrons. The Morgan fingerprint density at radius 1 is 1.20 bits per heavy atom. The zero-order valence-electron chi connectivity index (χ0n) is 22.1. The van der Waals surface area contributed by atoms with E-state index >= 15 is 0 Å². The molecule has 0 saturated carbocycles. The summed E-state index contributed by atoms with van der Waals surface area (Å²) in [6.07, 6.45) is -1.89. The molecule has 2 saturated heterocycles. The number of halogens is 3. The van der Waals surface area contributed by atoms with Gasteiger partial charge in [0.05, 0.1) is 11.3 Å². The van der Waals surface area contributed by atoms with Crippen LogP contribution in [-0.2, 0) is 22.3 Å². The first-order chi connectivity index (χ1) is 19.0. The van der Waals surface area contributed by atoms with E-state index in [0.717, 1.165) is 38.1 Å². The Morgan fingerprint density at radius 2 is 1.90 bits per heavy atom. The third-order valence-electron chi connectivity index (χ3n) is 6.54. The Hall–Kier alpha value is -4.19. The van der Waals surface area contributed by atoms with E-state index < -0.39 is 23.7 Å². The zero-order valence-corrected chi connectivity index (χ0v) is 22.1. The fourth-order valence-electron chi connectivity index (χ4n) is 4.46. The number of rotatable bonds is 8. The Kier molecular flexibility index (Phi) is 8.88. The maximum Gasteiger partial charge on any atom is 0.416 e. The van der Waals surface area contributed by atoms with Gasteiger partial charge in [0.15, 0.2) is 0 Å². The van der Waals surface area contributed by atoms with Gasteiger partial charge < -0.3 is 21.1 Å². The second kappa shape index (κ2) is 12.3. The molecule has 0 aromatic heterocycles. The van der Waals surface area contributed by atoms with Gasteiger partial charge >= 0.3 is 6.18 Å². The van der Waals surface area contributed by atoms with E-state index in [9.17, 15) is 22.8 Å².